The lowest BCUT2D eigenvalue weighted by molar-refractivity contribution is 0.0996. The molecule has 2 aromatic rings. The fourth-order valence-corrected chi connectivity index (χ4v) is 2.34. The minimum absolute atomic E-state index is 0.232. The number of hydrogen-bond donors (Lipinski definition) is 2. The Labute approximate surface area is 122 Å². The SMILES string of the molecule is O=C(Nc1cccnc1)c1ccc(N2CCC(O)CC2)o1. The maximum Gasteiger partial charge on any atom is 0.291 e. The average molecular weight is 287 g/mol. The molecule has 1 saturated heterocycles. The minimum atomic E-state index is -0.300. The van der Waals surface area contributed by atoms with Crippen LogP contribution in [0.3, 0.4) is 0 Å². The van der Waals surface area contributed by atoms with Crippen molar-refractivity contribution in [3.63, 3.8) is 0 Å². The Morgan fingerprint density at radius 1 is 1.33 bits per heavy atom. The van der Waals surface area contributed by atoms with Gasteiger partial charge in [0.25, 0.3) is 5.91 Å². The van der Waals surface area contributed by atoms with E-state index in [4.69, 9.17) is 4.42 Å². The third kappa shape index (κ3) is 3.22. The highest BCUT2D eigenvalue weighted by atomic mass is 16.4. The summed E-state index contributed by atoms with van der Waals surface area (Å²) < 4.78 is 5.60. The summed E-state index contributed by atoms with van der Waals surface area (Å²) in [5.41, 5.74) is 0.626. The third-order valence-corrected chi connectivity index (χ3v) is 3.51. The molecule has 0 aliphatic carbocycles. The molecule has 0 aromatic carbocycles. The van der Waals surface area contributed by atoms with Crippen molar-refractivity contribution in [3.05, 3.63) is 42.4 Å². The van der Waals surface area contributed by atoms with Crippen molar-refractivity contribution >= 4 is 17.5 Å². The van der Waals surface area contributed by atoms with E-state index in [2.05, 4.69) is 10.3 Å². The van der Waals surface area contributed by atoms with Crippen molar-refractivity contribution in [2.45, 2.75) is 18.9 Å². The predicted molar refractivity (Wildman–Crippen MR) is 78.4 cm³/mol. The smallest absolute Gasteiger partial charge is 0.291 e. The molecule has 0 spiro atoms. The van der Waals surface area contributed by atoms with Crippen LogP contribution in [0.1, 0.15) is 23.4 Å². The molecule has 1 aliphatic heterocycles. The second-order valence-electron chi connectivity index (χ2n) is 5.05. The highest BCUT2D eigenvalue weighted by Gasteiger charge is 2.20. The zero-order chi connectivity index (χ0) is 14.7. The fourth-order valence-electron chi connectivity index (χ4n) is 2.34. The maximum atomic E-state index is 12.1. The quantitative estimate of drug-likeness (QED) is 0.901. The average Bonchev–Trinajstić information content (AvgIpc) is 2.99. The summed E-state index contributed by atoms with van der Waals surface area (Å²) in [7, 11) is 0. The van der Waals surface area contributed by atoms with Crippen molar-refractivity contribution < 1.29 is 14.3 Å². The summed E-state index contributed by atoms with van der Waals surface area (Å²) >= 11 is 0. The molecule has 1 amide bonds. The molecule has 1 fully saturated rings. The number of aliphatic hydroxyl groups excluding tert-OH is 1. The molecule has 1 aliphatic rings. The van der Waals surface area contributed by atoms with Crippen LogP contribution in [0, 0.1) is 0 Å². The highest BCUT2D eigenvalue weighted by molar-refractivity contribution is 6.02. The number of anilines is 2. The van der Waals surface area contributed by atoms with Gasteiger partial charge in [-0.3, -0.25) is 9.78 Å². The molecule has 6 heteroatoms. The number of piperidine rings is 1. The molecule has 0 radical (unpaired) electrons. The number of carbonyl (C=O) groups excluding carboxylic acids is 1. The lowest BCUT2D eigenvalue weighted by Crippen LogP contribution is -2.35. The number of pyridine rings is 1. The summed E-state index contributed by atoms with van der Waals surface area (Å²) in [4.78, 5) is 18.0. The van der Waals surface area contributed by atoms with Crippen molar-refractivity contribution in [2.75, 3.05) is 23.3 Å². The van der Waals surface area contributed by atoms with Gasteiger partial charge < -0.3 is 19.7 Å². The first-order valence-electron chi connectivity index (χ1n) is 6.96. The monoisotopic (exact) mass is 287 g/mol. The maximum absolute atomic E-state index is 12.1. The second kappa shape index (κ2) is 5.97. The van der Waals surface area contributed by atoms with Gasteiger partial charge in [0.1, 0.15) is 0 Å². The van der Waals surface area contributed by atoms with E-state index in [9.17, 15) is 9.90 Å². The summed E-state index contributed by atoms with van der Waals surface area (Å²) in [6, 6.07) is 6.96. The van der Waals surface area contributed by atoms with Crippen LogP contribution in [0.15, 0.2) is 41.1 Å². The van der Waals surface area contributed by atoms with Crippen LogP contribution >= 0.6 is 0 Å². The molecule has 2 N–H and O–H groups in total. The summed E-state index contributed by atoms with van der Waals surface area (Å²) in [5.74, 6) is 0.629. The number of nitrogens with one attached hydrogen (secondary N) is 1. The molecule has 0 bridgehead atoms. The van der Waals surface area contributed by atoms with Crippen LogP contribution in [0.2, 0.25) is 0 Å². The van der Waals surface area contributed by atoms with Gasteiger partial charge in [0, 0.05) is 25.4 Å². The number of aromatic nitrogens is 1. The number of carbonyl (C=O) groups is 1. The summed E-state index contributed by atoms with van der Waals surface area (Å²) in [5, 5.41) is 12.2. The summed E-state index contributed by atoms with van der Waals surface area (Å²) in [6.07, 6.45) is 4.43. The molecule has 110 valence electrons. The van der Waals surface area contributed by atoms with E-state index in [1.165, 1.54) is 0 Å². The summed E-state index contributed by atoms with van der Waals surface area (Å²) in [6.45, 7) is 1.47. The van der Waals surface area contributed by atoms with Gasteiger partial charge in [-0.15, -0.1) is 0 Å². The van der Waals surface area contributed by atoms with E-state index in [1.807, 2.05) is 4.90 Å². The van der Waals surface area contributed by atoms with Gasteiger partial charge in [-0.25, -0.2) is 0 Å². The van der Waals surface area contributed by atoms with Crippen LogP contribution in [0.25, 0.3) is 0 Å². The molecular weight excluding hydrogens is 270 g/mol. The third-order valence-electron chi connectivity index (χ3n) is 3.51. The van der Waals surface area contributed by atoms with Gasteiger partial charge in [-0.2, -0.15) is 0 Å². The van der Waals surface area contributed by atoms with Gasteiger partial charge in [0.05, 0.1) is 18.0 Å². The van der Waals surface area contributed by atoms with E-state index >= 15 is 0 Å². The van der Waals surface area contributed by atoms with E-state index in [0.717, 1.165) is 25.9 Å². The minimum Gasteiger partial charge on any atom is -0.435 e. The van der Waals surface area contributed by atoms with Crippen molar-refractivity contribution in [2.24, 2.45) is 0 Å². The lowest BCUT2D eigenvalue weighted by atomic mass is 10.1. The van der Waals surface area contributed by atoms with E-state index < -0.39 is 0 Å². The Balaban J connectivity index is 1.66. The van der Waals surface area contributed by atoms with Gasteiger partial charge in [0.2, 0.25) is 0 Å². The second-order valence-corrected chi connectivity index (χ2v) is 5.05. The predicted octanol–water partition coefficient (Wildman–Crippen LogP) is 1.89. The van der Waals surface area contributed by atoms with Crippen LogP contribution in [0.4, 0.5) is 11.6 Å². The van der Waals surface area contributed by atoms with E-state index in [1.54, 1.807) is 36.7 Å². The van der Waals surface area contributed by atoms with Crippen LogP contribution in [-0.4, -0.2) is 35.2 Å². The molecule has 3 heterocycles. The standard InChI is InChI=1S/C15H17N3O3/c19-12-5-8-18(9-6-12)14-4-3-13(21-14)15(20)17-11-2-1-7-16-10-11/h1-4,7,10,12,19H,5-6,8-9H2,(H,17,20). The molecule has 21 heavy (non-hydrogen) atoms. The number of furan rings is 1. The number of aliphatic hydroxyl groups is 1. The topological polar surface area (TPSA) is 78.6 Å². The molecule has 0 atom stereocenters. The normalized spacial score (nSPS) is 16.0. The fraction of sp³-hybridized carbons (Fsp3) is 0.333. The van der Waals surface area contributed by atoms with Gasteiger partial charge >= 0.3 is 0 Å². The Kier molecular flexibility index (Phi) is 3.87. The number of hydrogen-bond acceptors (Lipinski definition) is 5. The van der Waals surface area contributed by atoms with E-state index in [0.29, 0.717) is 11.6 Å². The Bertz CT molecular complexity index is 604. The van der Waals surface area contributed by atoms with Crippen molar-refractivity contribution in [1.29, 1.82) is 0 Å². The van der Waals surface area contributed by atoms with Crippen molar-refractivity contribution in [1.82, 2.24) is 4.98 Å². The Hall–Kier alpha value is -2.34. The lowest BCUT2D eigenvalue weighted by Gasteiger charge is -2.29. The van der Waals surface area contributed by atoms with E-state index in [-0.39, 0.29) is 17.8 Å². The number of amides is 1. The van der Waals surface area contributed by atoms with Crippen LogP contribution in [0.5, 0.6) is 0 Å². The zero-order valence-electron chi connectivity index (χ0n) is 11.5. The molecule has 2 aromatic heterocycles. The molecule has 6 nitrogen and oxygen atoms in total. The van der Waals surface area contributed by atoms with Crippen molar-refractivity contribution in [3.8, 4) is 0 Å². The Morgan fingerprint density at radius 2 is 2.14 bits per heavy atom. The molecular formula is C15H17N3O3. The van der Waals surface area contributed by atoms with Crippen LogP contribution in [-0.2, 0) is 0 Å². The molecule has 3 rings (SSSR count). The molecule has 0 unspecified atom stereocenters. The van der Waals surface area contributed by atoms with Gasteiger partial charge in [-0.1, -0.05) is 0 Å². The van der Waals surface area contributed by atoms with Crippen LogP contribution < -0.4 is 10.2 Å². The van der Waals surface area contributed by atoms with Gasteiger partial charge in [-0.05, 0) is 31.0 Å². The Morgan fingerprint density at radius 3 is 2.86 bits per heavy atom. The van der Waals surface area contributed by atoms with Gasteiger partial charge in [0.15, 0.2) is 11.6 Å². The zero-order valence-corrected chi connectivity index (χ0v) is 11.5. The first-order chi connectivity index (χ1) is 10.2. The first-order valence-corrected chi connectivity index (χ1v) is 6.96. The number of rotatable bonds is 3. The number of nitrogens with zero attached hydrogens (tertiary/aromatic N) is 2. The molecule has 0 saturated carbocycles. The first kappa shape index (κ1) is 13.6. The highest BCUT2D eigenvalue weighted by Crippen LogP contribution is 2.23. The largest absolute Gasteiger partial charge is 0.435 e.